The summed E-state index contributed by atoms with van der Waals surface area (Å²) in [5.41, 5.74) is 0.404. The van der Waals surface area contributed by atoms with Gasteiger partial charge < -0.3 is 5.11 Å². The highest BCUT2D eigenvalue weighted by atomic mass is 32.2. The lowest BCUT2D eigenvalue weighted by Crippen LogP contribution is -2.11. The number of hydrogen-bond acceptors (Lipinski definition) is 5. The number of nitrogens with one attached hydrogen (secondary N) is 1. The van der Waals surface area contributed by atoms with Crippen molar-refractivity contribution < 1.29 is 18.3 Å². The molecular formula is C12H11NO4S3. The van der Waals surface area contributed by atoms with Gasteiger partial charge in [0.1, 0.15) is 4.21 Å². The van der Waals surface area contributed by atoms with E-state index in [0.717, 1.165) is 22.3 Å². The monoisotopic (exact) mass is 329 g/mol. The molecule has 0 spiro atoms. The Labute approximate surface area is 124 Å². The second-order valence-electron chi connectivity index (χ2n) is 3.79. The lowest BCUT2D eigenvalue weighted by molar-refractivity contribution is 0.0697. The normalized spacial score (nSPS) is 11.2. The lowest BCUT2D eigenvalue weighted by Gasteiger charge is -2.06. The first kappa shape index (κ1) is 14.9. The molecule has 0 atom stereocenters. The van der Waals surface area contributed by atoms with E-state index in [2.05, 4.69) is 4.72 Å². The van der Waals surface area contributed by atoms with Gasteiger partial charge in [-0.1, -0.05) is 0 Å². The third kappa shape index (κ3) is 3.33. The molecule has 1 heterocycles. The van der Waals surface area contributed by atoms with Crippen LogP contribution in [0.5, 0.6) is 0 Å². The zero-order chi connectivity index (χ0) is 14.8. The van der Waals surface area contributed by atoms with Crippen molar-refractivity contribution in [2.24, 2.45) is 0 Å². The molecule has 0 radical (unpaired) electrons. The molecule has 0 saturated carbocycles. The van der Waals surface area contributed by atoms with E-state index in [1.165, 1.54) is 5.38 Å². The van der Waals surface area contributed by atoms with Crippen molar-refractivity contribution in [3.05, 3.63) is 41.3 Å². The molecule has 0 saturated heterocycles. The molecule has 0 aliphatic rings. The summed E-state index contributed by atoms with van der Waals surface area (Å²) < 4.78 is 26.6. The lowest BCUT2D eigenvalue weighted by atomic mass is 10.3. The molecule has 2 aromatic rings. The van der Waals surface area contributed by atoms with E-state index in [-0.39, 0.29) is 9.77 Å². The maximum Gasteiger partial charge on any atom is 0.336 e. The summed E-state index contributed by atoms with van der Waals surface area (Å²) in [5.74, 6) is -1.15. The van der Waals surface area contributed by atoms with Crippen LogP contribution in [0.4, 0.5) is 5.69 Å². The SMILES string of the molecule is CSc1ccc(NS(=O)(=O)c2cc(C(=O)O)cs2)cc1. The van der Waals surface area contributed by atoms with Crippen LogP contribution in [0.3, 0.4) is 0 Å². The van der Waals surface area contributed by atoms with Crippen LogP contribution < -0.4 is 4.72 Å². The number of anilines is 1. The van der Waals surface area contributed by atoms with Crippen LogP contribution in [-0.2, 0) is 10.0 Å². The number of hydrogen-bond donors (Lipinski definition) is 2. The van der Waals surface area contributed by atoms with Gasteiger partial charge in [0.25, 0.3) is 10.0 Å². The quantitative estimate of drug-likeness (QED) is 0.824. The molecule has 0 bridgehead atoms. The van der Waals surface area contributed by atoms with Crippen molar-refractivity contribution in [3.8, 4) is 0 Å². The van der Waals surface area contributed by atoms with Gasteiger partial charge in [0.15, 0.2) is 0 Å². The minimum Gasteiger partial charge on any atom is -0.478 e. The van der Waals surface area contributed by atoms with Crippen molar-refractivity contribution in [2.75, 3.05) is 11.0 Å². The third-order valence-corrected chi connectivity index (χ3v) is 5.99. The van der Waals surface area contributed by atoms with Crippen LogP contribution >= 0.6 is 23.1 Å². The standard InChI is InChI=1S/C12H11NO4S3/c1-18-10-4-2-9(3-5-10)13-20(16,17)11-6-8(7-19-11)12(14)15/h2-7,13H,1H3,(H,14,15). The molecule has 8 heteroatoms. The van der Waals surface area contributed by atoms with E-state index >= 15 is 0 Å². The maximum atomic E-state index is 12.1. The molecule has 2 N–H and O–H groups in total. The summed E-state index contributed by atoms with van der Waals surface area (Å²) in [4.78, 5) is 11.8. The van der Waals surface area contributed by atoms with E-state index in [1.54, 1.807) is 36.0 Å². The fourth-order valence-electron chi connectivity index (χ4n) is 1.43. The van der Waals surface area contributed by atoms with Crippen LogP contribution in [0.1, 0.15) is 10.4 Å². The van der Waals surface area contributed by atoms with Crippen molar-refractivity contribution in [1.82, 2.24) is 0 Å². The van der Waals surface area contributed by atoms with Crippen LogP contribution in [0, 0.1) is 0 Å². The van der Waals surface area contributed by atoms with Gasteiger partial charge in [0, 0.05) is 16.0 Å². The fourth-order valence-corrected chi connectivity index (χ4v) is 4.05. The van der Waals surface area contributed by atoms with Crippen LogP contribution in [0.15, 0.2) is 44.8 Å². The molecule has 2 rings (SSSR count). The summed E-state index contributed by atoms with van der Waals surface area (Å²) in [6, 6.07) is 8.08. The van der Waals surface area contributed by atoms with E-state index in [1.807, 2.05) is 6.26 Å². The summed E-state index contributed by atoms with van der Waals surface area (Å²) in [7, 11) is -3.75. The first-order chi connectivity index (χ1) is 9.42. The summed E-state index contributed by atoms with van der Waals surface area (Å²) in [5, 5.41) is 10.1. The van der Waals surface area contributed by atoms with Crippen LogP contribution in [-0.4, -0.2) is 25.7 Å². The van der Waals surface area contributed by atoms with Crippen molar-refractivity contribution >= 4 is 44.8 Å². The Bertz CT molecular complexity index is 719. The first-order valence-electron chi connectivity index (χ1n) is 5.41. The number of thiophene rings is 1. The molecule has 0 aliphatic carbocycles. The van der Waals surface area contributed by atoms with Gasteiger partial charge in [0.2, 0.25) is 0 Å². The van der Waals surface area contributed by atoms with Gasteiger partial charge in [-0.25, -0.2) is 13.2 Å². The minimum absolute atomic E-state index is 0.0242. The molecule has 20 heavy (non-hydrogen) atoms. The highest BCUT2D eigenvalue weighted by Gasteiger charge is 2.18. The van der Waals surface area contributed by atoms with Gasteiger partial charge in [-0.05, 0) is 36.6 Å². The zero-order valence-corrected chi connectivity index (χ0v) is 12.8. The van der Waals surface area contributed by atoms with Gasteiger partial charge in [-0.3, -0.25) is 4.72 Å². The Morgan fingerprint density at radius 3 is 2.45 bits per heavy atom. The Morgan fingerprint density at radius 1 is 1.30 bits per heavy atom. The van der Waals surface area contributed by atoms with Crippen molar-refractivity contribution in [3.63, 3.8) is 0 Å². The molecule has 106 valence electrons. The molecule has 1 aromatic carbocycles. The summed E-state index contributed by atoms with van der Waals surface area (Å²) >= 11 is 2.43. The number of sulfonamides is 1. The number of carbonyl (C=O) groups is 1. The molecule has 0 unspecified atom stereocenters. The number of carboxylic acid groups (broad SMARTS) is 1. The topological polar surface area (TPSA) is 83.5 Å². The minimum atomic E-state index is -3.75. The van der Waals surface area contributed by atoms with Gasteiger partial charge in [-0.15, -0.1) is 23.1 Å². The Hall–Kier alpha value is -1.51. The second-order valence-corrected chi connectivity index (χ2v) is 7.49. The van der Waals surface area contributed by atoms with E-state index < -0.39 is 16.0 Å². The highest BCUT2D eigenvalue weighted by Crippen LogP contribution is 2.24. The smallest absolute Gasteiger partial charge is 0.336 e. The van der Waals surface area contributed by atoms with Gasteiger partial charge in [0.05, 0.1) is 5.56 Å². The van der Waals surface area contributed by atoms with Gasteiger partial charge in [-0.2, -0.15) is 0 Å². The van der Waals surface area contributed by atoms with Crippen molar-refractivity contribution in [1.29, 1.82) is 0 Å². The number of carboxylic acids is 1. The van der Waals surface area contributed by atoms with E-state index in [0.29, 0.717) is 5.69 Å². The average molecular weight is 329 g/mol. The largest absolute Gasteiger partial charge is 0.478 e. The molecule has 0 amide bonds. The Morgan fingerprint density at radius 2 is 1.95 bits per heavy atom. The van der Waals surface area contributed by atoms with Gasteiger partial charge >= 0.3 is 5.97 Å². The number of thioether (sulfide) groups is 1. The summed E-state index contributed by atoms with van der Waals surface area (Å²) in [6.07, 6.45) is 1.93. The number of benzene rings is 1. The molecular weight excluding hydrogens is 318 g/mol. The zero-order valence-electron chi connectivity index (χ0n) is 10.4. The van der Waals surface area contributed by atoms with Crippen molar-refractivity contribution in [2.45, 2.75) is 9.10 Å². The molecule has 1 aromatic heterocycles. The predicted molar refractivity (Wildman–Crippen MR) is 80.3 cm³/mol. The molecule has 5 nitrogen and oxygen atoms in total. The van der Waals surface area contributed by atoms with E-state index in [9.17, 15) is 13.2 Å². The number of aromatic carboxylic acids is 1. The summed E-state index contributed by atoms with van der Waals surface area (Å²) in [6.45, 7) is 0. The highest BCUT2D eigenvalue weighted by molar-refractivity contribution is 7.98. The fraction of sp³-hybridized carbons (Fsp3) is 0.0833. The van der Waals surface area contributed by atoms with Crippen LogP contribution in [0.25, 0.3) is 0 Å². The average Bonchev–Trinajstić information content (AvgIpc) is 2.90. The number of rotatable bonds is 5. The maximum absolute atomic E-state index is 12.1. The van der Waals surface area contributed by atoms with E-state index in [4.69, 9.17) is 5.11 Å². The molecule has 0 aliphatic heterocycles. The Balaban J connectivity index is 2.23. The second kappa shape index (κ2) is 5.86. The first-order valence-corrected chi connectivity index (χ1v) is 9.00. The van der Waals surface area contributed by atoms with Crippen LogP contribution in [0.2, 0.25) is 0 Å². The Kier molecular flexibility index (Phi) is 4.36. The molecule has 0 fully saturated rings. The predicted octanol–water partition coefficient (Wildman–Crippen LogP) is 2.97. The third-order valence-electron chi connectivity index (χ3n) is 2.43.